The van der Waals surface area contributed by atoms with Gasteiger partial charge in [-0.15, -0.1) is 0 Å². The molecule has 1 saturated heterocycles. The standard InChI is InChI=1S/C19H22BrN3O/c1-13-5-7-23(8-6-13)16-10-15(11-21-12-16)19(24)22-18-4-3-14(2)9-17(18)20/h3-4,9-13H,5-8H2,1-2H3,(H,22,24). The van der Waals surface area contributed by atoms with Gasteiger partial charge in [0.15, 0.2) is 0 Å². The highest BCUT2D eigenvalue weighted by Crippen LogP contribution is 2.25. The molecule has 126 valence electrons. The lowest BCUT2D eigenvalue weighted by molar-refractivity contribution is 0.102. The Morgan fingerprint density at radius 3 is 2.71 bits per heavy atom. The van der Waals surface area contributed by atoms with Crippen LogP contribution in [0.3, 0.4) is 0 Å². The Labute approximate surface area is 151 Å². The van der Waals surface area contributed by atoms with Crippen molar-refractivity contribution >= 4 is 33.2 Å². The number of carbonyl (C=O) groups is 1. The summed E-state index contributed by atoms with van der Waals surface area (Å²) < 4.78 is 0.880. The van der Waals surface area contributed by atoms with Crippen molar-refractivity contribution in [2.45, 2.75) is 26.7 Å². The molecule has 0 saturated carbocycles. The number of hydrogen-bond donors (Lipinski definition) is 1. The number of benzene rings is 1. The Bertz CT molecular complexity index is 739. The summed E-state index contributed by atoms with van der Waals surface area (Å²) in [4.78, 5) is 19.1. The molecule has 0 aliphatic carbocycles. The average molecular weight is 388 g/mol. The van der Waals surface area contributed by atoms with Crippen LogP contribution in [0.15, 0.2) is 41.1 Å². The summed E-state index contributed by atoms with van der Waals surface area (Å²) >= 11 is 3.49. The van der Waals surface area contributed by atoms with Crippen LogP contribution in [0.1, 0.15) is 35.7 Å². The van der Waals surface area contributed by atoms with Gasteiger partial charge in [-0.2, -0.15) is 0 Å². The summed E-state index contributed by atoms with van der Waals surface area (Å²) in [6.45, 7) is 6.36. The first-order valence-electron chi connectivity index (χ1n) is 8.30. The number of aryl methyl sites for hydroxylation is 1. The fraction of sp³-hybridized carbons (Fsp3) is 0.368. The van der Waals surface area contributed by atoms with Gasteiger partial charge >= 0.3 is 0 Å². The van der Waals surface area contributed by atoms with E-state index in [4.69, 9.17) is 0 Å². The molecule has 3 rings (SSSR count). The zero-order chi connectivity index (χ0) is 17.1. The number of hydrogen-bond acceptors (Lipinski definition) is 3. The number of nitrogens with zero attached hydrogens (tertiary/aromatic N) is 2. The van der Waals surface area contributed by atoms with E-state index in [1.807, 2.05) is 37.4 Å². The molecule has 1 aliphatic heterocycles. The topological polar surface area (TPSA) is 45.2 Å². The highest BCUT2D eigenvalue weighted by atomic mass is 79.9. The van der Waals surface area contributed by atoms with E-state index in [1.54, 1.807) is 6.20 Å². The van der Waals surface area contributed by atoms with E-state index in [9.17, 15) is 4.79 Å². The van der Waals surface area contributed by atoms with Gasteiger partial charge in [0.05, 0.1) is 23.1 Å². The summed E-state index contributed by atoms with van der Waals surface area (Å²) in [7, 11) is 0. The molecule has 1 aromatic heterocycles. The second-order valence-corrected chi connectivity index (χ2v) is 7.39. The molecule has 24 heavy (non-hydrogen) atoms. The summed E-state index contributed by atoms with van der Waals surface area (Å²) in [6.07, 6.45) is 5.83. The first-order chi connectivity index (χ1) is 11.5. The first kappa shape index (κ1) is 17.0. The van der Waals surface area contributed by atoms with Crippen molar-refractivity contribution in [2.75, 3.05) is 23.3 Å². The summed E-state index contributed by atoms with van der Waals surface area (Å²) in [5, 5.41) is 2.95. The maximum Gasteiger partial charge on any atom is 0.257 e. The van der Waals surface area contributed by atoms with Crippen LogP contribution in [0.4, 0.5) is 11.4 Å². The molecule has 1 fully saturated rings. The molecule has 1 N–H and O–H groups in total. The van der Waals surface area contributed by atoms with Gasteiger partial charge in [-0.3, -0.25) is 9.78 Å². The van der Waals surface area contributed by atoms with Crippen LogP contribution in [0.25, 0.3) is 0 Å². The van der Waals surface area contributed by atoms with E-state index in [2.05, 4.69) is 38.1 Å². The predicted molar refractivity (Wildman–Crippen MR) is 102 cm³/mol. The third-order valence-electron chi connectivity index (χ3n) is 4.51. The minimum absolute atomic E-state index is 0.140. The van der Waals surface area contributed by atoms with E-state index >= 15 is 0 Å². The highest BCUT2D eigenvalue weighted by Gasteiger charge is 2.17. The number of carbonyl (C=O) groups excluding carboxylic acids is 1. The monoisotopic (exact) mass is 387 g/mol. The third kappa shape index (κ3) is 3.96. The molecule has 0 unspecified atom stereocenters. The van der Waals surface area contributed by atoms with E-state index in [-0.39, 0.29) is 5.91 Å². The van der Waals surface area contributed by atoms with Crippen molar-refractivity contribution in [1.82, 2.24) is 4.98 Å². The second kappa shape index (κ2) is 7.34. The van der Waals surface area contributed by atoms with Crippen LogP contribution < -0.4 is 10.2 Å². The van der Waals surface area contributed by atoms with E-state index in [1.165, 1.54) is 12.8 Å². The molecule has 0 bridgehead atoms. The molecule has 2 heterocycles. The quantitative estimate of drug-likeness (QED) is 0.833. The van der Waals surface area contributed by atoms with Crippen molar-refractivity contribution in [3.05, 3.63) is 52.3 Å². The number of anilines is 2. The molecule has 2 aromatic rings. The Morgan fingerprint density at radius 2 is 2.00 bits per heavy atom. The summed E-state index contributed by atoms with van der Waals surface area (Å²) in [5.74, 6) is 0.638. The Kier molecular flexibility index (Phi) is 5.19. The SMILES string of the molecule is Cc1ccc(NC(=O)c2cncc(N3CCC(C)CC3)c2)c(Br)c1. The van der Waals surface area contributed by atoms with Crippen LogP contribution in [-0.4, -0.2) is 24.0 Å². The van der Waals surface area contributed by atoms with Crippen LogP contribution >= 0.6 is 15.9 Å². The van der Waals surface area contributed by atoms with E-state index in [0.29, 0.717) is 5.56 Å². The maximum absolute atomic E-state index is 12.5. The van der Waals surface area contributed by atoms with Crippen LogP contribution in [0, 0.1) is 12.8 Å². The average Bonchev–Trinajstić information content (AvgIpc) is 2.58. The number of pyridine rings is 1. The molecule has 1 aromatic carbocycles. The third-order valence-corrected chi connectivity index (χ3v) is 5.16. The lowest BCUT2D eigenvalue weighted by atomic mass is 9.99. The largest absolute Gasteiger partial charge is 0.370 e. The first-order valence-corrected chi connectivity index (χ1v) is 9.10. The van der Waals surface area contributed by atoms with Crippen LogP contribution in [0.2, 0.25) is 0 Å². The number of amides is 1. The summed E-state index contributed by atoms with van der Waals surface area (Å²) in [6, 6.07) is 7.80. The van der Waals surface area contributed by atoms with Gasteiger partial charge in [0.1, 0.15) is 0 Å². The zero-order valence-corrected chi connectivity index (χ0v) is 15.6. The number of halogens is 1. The van der Waals surface area contributed by atoms with Gasteiger partial charge in [0.25, 0.3) is 5.91 Å². The minimum Gasteiger partial charge on any atom is -0.370 e. The van der Waals surface area contributed by atoms with Crippen molar-refractivity contribution in [3.63, 3.8) is 0 Å². The van der Waals surface area contributed by atoms with Crippen molar-refractivity contribution < 1.29 is 4.79 Å². The highest BCUT2D eigenvalue weighted by molar-refractivity contribution is 9.10. The Morgan fingerprint density at radius 1 is 1.25 bits per heavy atom. The summed E-state index contributed by atoms with van der Waals surface area (Å²) in [5.41, 5.74) is 3.52. The zero-order valence-electron chi connectivity index (χ0n) is 14.1. The molecule has 1 aliphatic rings. The van der Waals surface area contributed by atoms with Crippen LogP contribution in [0.5, 0.6) is 0 Å². The molecule has 0 radical (unpaired) electrons. The van der Waals surface area contributed by atoms with Gasteiger partial charge in [-0.25, -0.2) is 0 Å². The van der Waals surface area contributed by atoms with Gasteiger partial charge < -0.3 is 10.2 Å². The number of piperidine rings is 1. The molecule has 1 amide bonds. The second-order valence-electron chi connectivity index (χ2n) is 6.54. The minimum atomic E-state index is -0.140. The van der Waals surface area contributed by atoms with Gasteiger partial charge in [0, 0.05) is 23.8 Å². The van der Waals surface area contributed by atoms with E-state index < -0.39 is 0 Å². The normalized spacial score (nSPS) is 15.4. The molecular formula is C19H22BrN3O. The van der Waals surface area contributed by atoms with Crippen molar-refractivity contribution in [3.8, 4) is 0 Å². The Hall–Kier alpha value is -1.88. The fourth-order valence-electron chi connectivity index (χ4n) is 2.91. The fourth-order valence-corrected chi connectivity index (χ4v) is 3.50. The Balaban J connectivity index is 1.74. The van der Waals surface area contributed by atoms with Crippen molar-refractivity contribution in [2.24, 2.45) is 5.92 Å². The molecular weight excluding hydrogens is 366 g/mol. The number of rotatable bonds is 3. The lowest BCUT2D eigenvalue weighted by Gasteiger charge is -2.32. The van der Waals surface area contributed by atoms with Crippen molar-refractivity contribution in [1.29, 1.82) is 0 Å². The lowest BCUT2D eigenvalue weighted by Crippen LogP contribution is -2.33. The van der Waals surface area contributed by atoms with E-state index in [0.717, 1.165) is 40.4 Å². The molecule has 5 heteroatoms. The number of aromatic nitrogens is 1. The van der Waals surface area contributed by atoms with Crippen LogP contribution in [-0.2, 0) is 0 Å². The van der Waals surface area contributed by atoms with Gasteiger partial charge in [0.2, 0.25) is 0 Å². The molecule has 0 spiro atoms. The predicted octanol–water partition coefficient (Wildman–Crippen LogP) is 4.64. The molecule has 0 atom stereocenters. The number of nitrogens with one attached hydrogen (secondary N) is 1. The van der Waals surface area contributed by atoms with Gasteiger partial charge in [-0.05, 0) is 65.4 Å². The van der Waals surface area contributed by atoms with Gasteiger partial charge in [-0.1, -0.05) is 13.0 Å². The smallest absolute Gasteiger partial charge is 0.257 e. The molecule has 4 nitrogen and oxygen atoms in total. The maximum atomic E-state index is 12.5.